The largest absolute Gasteiger partial charge is 0.419 e. The first-order chi connectivity index (χ1) is 12.3. The minimum atomic E-state index is -0.403. The molecule has 1 N–H and O–H groups in total. The molecule has 1 aromatic carbocycles. The Hall–Kier alpha value is -2.83. The standard InChI is InChI=1S/C19H22N4O3/c1-19(2,3)16-15-11(9-14(24)20-17(15)22(4)21-16)10-23-12-7-5-6-8-13(12)26-18(23)25/h5-8,11H,9-10H2,1-4H3,(H,20,24)/t11-/m1/s1. The molecule has 136 valence electrons. The number of carbonyl (C=O) groups is 1. The Labute approximate surface area is 150 Å². The molecule has 3 heterocycles. The average molecular weight is 354 g/mol. The lowest BCUT2D eigenvalue weighted by Crippen LogP contribution is -2.29. The zero-order valence-corrected chi connectivity index (χ0v) is 15.4. The molecule has 0 aliphatic carbocycles. The minimum Gasteiger partial charge on any atom is -0.408 e. The van der Waals surface area contributed by atoms with Crippen molar-refractivity contribution in [3.05, 3.63) is 46.1 Å². The van der Waals surface area contributed by atoms with Crippen molar-refractivity contribution < 1.29 is 9.21 Å². The maximum absolute atomic E-state index is 12.4. The van der Waals surface area contributed by atoms with Crippen molar-refractivity contribution >= 4 is 22.8 Å². The Morgan fingerprint density at radius 1 is 1.27 bits per heavy atom. The highest BCUT2D eigenvalue weighted by molar-refractivity contribution is 5.94. The zero-order chi connectivity index (χ0) is 18.6. The van der Waals surface area contributed by atoms with Gasteiger partial charge in [0, 0.05) is 36.9 Å². The monoisotopic (exact) mass is 354 g/mol. The van der Waals surface area contributed by atoms with Crippen molar-refractivity contribution in [3.8, 4) is 0 Å². The first-order valence-corrected chi connectivity index (χ1v) is 8.71. The molecule has 2 aromatic heterocycles. The number of hydrogen-bond acceptors (Lipinski definition) is 4. The third-order valence-corrected chi connectivity index (χ3v) is 4.87. The maximum Gasteiger partial charge on any atom is 0.419 e. The Balaban J connectivity index is 1.85. The van der Waals surface area contributed by atoms with Gasteiger partial charge in [0.25, 0.3) is 0 Å². The fourth-order valence-electron chi connectivity index (χ4n) is 3.70. The summed E-state index contributed by atoms with van der Waals surface area (Å²) in [4.78, 5) is 24.6. The lowest BCUT2D eigenvalue weighted by atomic mass is 9.82. The van der Waals surface area contributed by atoms with E-state index in [0.29, 0.717) is 18.5 Å². The summed E-state index contributed by atoms with van der Waals surface area (Å²) in [5.41, 5.74) is 3.08. The molecule has 0 fully saturated rings. The van der Waals surface area contributed by atoms with Gasteiger partial charge in [-0.2, -0.15) is 5.10 Å². The summed E-state index contributed by atoms with van der Waals surface area (Å²) in [5.74, 6) is 0.115. The normalized spacial score (nSPS) is 17.4. The van der Waals surface area contributed by atoms with Gasteiger partial charge in [0.15, 0.2) is 5.58 Å². The van der Waals surface area contributed by atoms with E-state index >= 15 is 0 Å². The molecule has 7 nitrogen and oxygen atoms in total. The van der Waals surface area contributed by atoms with E-state index in [1.54, 1.807) is 15.3 Å². The molecule has 1 aliphatic rings. The molecule has 1 atom stereocenters. The van der Waals surface area contributed by atoms with Gasteiger partial charge in [-0.1, -0.05) is 32.9 Å². The molecule has 3 aromatic rings. The van der Waals surface area contributed by atoms with E-state index < -0.39 is 5.76 Å². The number of fused-ring (bicyclic) bond motifs is 2. The van der Waals surface area contributed by atoms with Crippen LogP contribution in [0.3, 0.4) is 0 Å². The number of para-hydroxylation sites is 2. The summed E-state index contributed by atoms with van der Waals surface area (Å²) < 4.78 is 8.68. The maximum atomic E-state index is 12.4. The van der Waals surface area contributed by atoms with Gasteiger partial charge in [-0.05, 0) is 12.1 Å². The third-order valence-electron chi connectivity index (χ3n) is 4.87. The molecule has 0 radical (unpaired) electrons. The van der Waals surface area contributed by atoms with Crippen LogP contribution in [-0.2, 0) is 23.8 Å². The number of hydrogen-bond donors (Lipinski definition) is 1. The summed E-state index contributed by atoms with van der Waals surface area (Å²) in [6.07, 6.45) is 0.313. The molecule has 0 bridgehead atoms. The predicted molar refractivity (Wildman–Crippen MR) is 98.4 cm³/mol. The fraction of sp³-hybridized carbons (Fsp3) is 0.421. The van der Waals surface area contributed by atoms with E-state index in [1.807, 2.05) is 25.2 Å². The second-order valence-corrected chi connectivity index (χ2v) is 7.88. The molecule has 0 spiro atoms. The van der Waals surface area contributed by atoms with Crippen LogP contribution in [0.15, 0.2) is 33.5 Å². The third kappa shape index (κ3) is 2.55. The number of amides is 1. The first kappa shape index (κ1) is 16.6. The van der Waals surface area contributed by atoms with Gasteiger partial charge in [0.1, 0.15) is 5.82 Å². The molecule has 4 rings (SSSR count). The van der Waals surface area contributed by atoms with Crippen LogP contribution < -0.4 is 11.1 Å². The van der Waals surface area contributed by atoms with Crippen LogP contribution in [0.2, 0.25) is 0 Å². The van der Waals surface area contributed by atoms with Gasteiger partial charge in [0.2, 0.25) is 5.91 Å². The van der Waals surface area contributed by atoms with Crippen LogP contribution in [0.25, 0.3) is 11.1 Å². The number of nitrogens with one attached hydrogen (secondary N) is 1. The van der Waals surface area contributed by atoms with E-state index in [1.165, 1.54) is 0 Å². The van der Waals surface area contributed by atoms with Crippen LogP contribution >= 0.6 is 0 Å². The number of carbonyl (C=O) groups excluding carboxylic acids is 1. The summed E-state index contributed by atoms with van der Waals surface area (Å²) >= 11 is 0. The van der Waals surface area contributed by atoms with E-state index in [4.69, 9.17) is 4.42 Å². The van der Waals surface area contributed by atoms with Crippen molar-refractivity contribution in [2.45, 2.75) is 45.1 Å². The highest BCUT2D eigenvalue weighted by Gasteiger charge is 2.36. The van der Waals surface area contributed by atoms with Gasteiger partial charge >= 0.3 is 5.76 Å². The summed E-state index contributed by atoms with van der Waals surface area (Å²) in [5, 5.41) is 7.59. The van der Waals surface area contributed by atoms with Crippen LogP contribution in [0.4, 0.5) is 5.82 Å². The van der Waals surface area contributed by atoms with Gasteiger partial charge in [0.05, 0.1) is 11.2 Å². The molecule has 0 saturated carbocycles. The Bertz CT molecular complexity index is 1060. The van der Waals surface area contributed by atoms with Crippen LogP contribution in [0, 0.1) is 0 Å². The van der Waals surface area contributed by atoms with Crippen molar-refractivity contribution in [2.24, 2.45) is 7.05 Å². The summed E-state index contributed by atoms with van der Waals surface area (Å²) in [6, 6.07) is 7.34. The quantitative estimate of drug-likeness (QED) is 0.767. The Morgan fingerprint density at radius 3 is 2.73 bits per heavy atom. The number of nitrogens with zero attached hydrogens (tertiary/aromatic N) is 3. The van der Waals surface area contributed by atoms with E-state index in [9.17, 15) is 9.59 Å². The van der Waals surface area contributed by atoms with Crippen LogP contribution in [-0.4, -0.2) is 20.3 Å². The van der Waals surface area contributed by atoms with Crippen molar-refractivity contribution in [1.82, 2.24) is 14.3 Å². The van der Waals surface area contributed by atoms with E-state index in [2.05, 4.69) is 31.2 Å². The average Bonchev–Trinajstić information content (AvgIpc) is 3.05. The Morgan fingerprint density at radius 2 is 2.00 bits per heavy atom. The fourth-order valence-corrected chi connectivity index (χ4v) is 3.70. The molecule has 1 amide bonds. The minimum absolute atomic E-state index is 0.0631. The number of aryl methyl sites for hydroxylation is 1. The molecule has 26 heavy (non-hydrogen) atoms. The molecule has 1 aliphatic heterocycles. The lowest BCUT2D eigenvalue weighted by Gasteiger charge is -2.27. The molecule has 7 heteroatoms. The summed E-state index contributed by atoms with van der Waals surface area (Å²) in [7, 11) is 1.83. The zero-order valence-electron chi connectivity index (χ0n) is 15.4. The molecule has 0 saturated heterocycles. The Kier molecular flexibility index (Phi) is 3.57. The second-order valence-electron chi connectivity index (χ2n) is 7.88. The van der Waals surface area contributed by atoms with Crippen molar-refractivity contribution in [3.63, 3.8) is 0 Å². The summed E-state index contributed by atoms with van der Waals surface area (Å²) in [6.45, 7) is 6.68. The number of benzene rings is 1. The number of anilines is 1. The topological polar surface area (TPSA) is 82.1 Å². The van der Waals surface area contributed by atoms with Gasteiger partial charge in [-0.3, -0.25) is 14.0 Å². The van der Waals surface area contributed by atoms with Gasteiger partial charge < -0.3 is 9.73 Å². The SMILES string of the molecule is Cn1nc(C(C)(C)C)c2c1NC(=O)C[C@@H]2Cn1c(=O)oc2ccccc21. The number of aromatic nitrogens is 3. The molecule has 0 unspecified atom stereocenters. The number of rotatable bonds is 2. The van der Waals surface area contributed by atoms with E-state index in [0.717, 1.165) is 22.6 Å². The molecular formula is C19H22N4O3. The molecular weight excluding hydrogens is 332 g/mol. The number of oxazole rings is 1. The lowest BCUT2D eigenvalue weighted by molar-refractivity contribution is -0.117. The second kappa shape index (κ2) is 5.59. The highest BCUT2D eigenvalue weighted by atomic mass is 16.4. The first-order valence-electron chi connectivity index (χ1n) is 8.71. The van der Waals surface area contributed by atoms with E-state index in [-0.39, 0.29) is 17.2 Å². The smallest absolute Gasteiger partial charge is 0.408 e. The van der Waals surface area contributed by atoms with Gasteiger partial charge in [-0.15, -0.1) is 0 Å². The predicted octanol–water partition coefficient (Wildman–Crippen LogP) is 2.75. The van der Waals surface area contributed by atoms with Gasteiger partial charge in [-0.25, -0.2) is 4.79 Å². The van der Waals surface area contributed by atoms with Crippen LogP contribution in [0.1, 0.15) is 44.4 Å². The van der Waals surface area contributed by atoms with Crippen molar-refractivity contribution in [1.29, 1.82) is 0 Å². The van der Waals surface area contributed by atoms with Crippen molar-refractivity contribution in [2.75, 3.05) is 5.32 Å². The van der Waals surface area contributed by atoms with Crippen LogP contribution in [0.5, 0.6) is 0 Å². The highest BCUT2D eigenvalue weighted by Crippen LogP contribution is 2.40.